The summed E-state index contributed by atoms with van der Waals surface area (Å²) in [6, 6.07) is 0. The van der Waals surface area contributed by atoms with E-state index >= 15 is 0 Å². The lowest BCUT2D eigenvalue weighted by Crippen LogP contribution is -2.40. The highest BCUT2D eigenvalue weighted by atomic mass is 79.9. The van der Waals surface area contributed by atoms with Crippen LogP contribution in [0.5, 0.6) is 0 Å². The lowest BCUT2D eigenvalue weighted by atomic mass is 10.0. The molecule has 3 atom stereocenters. The van der Waals surface area contributed by atoms with Crippen LogP contribution in [0, 0.1) is 11.8 Å². The van der Waals surface area contributed by atoms with E-state index in [2.05, 4.69) is 67.2 Å². The summed E-state index contributed by atoms with van der Waals surface area (Å²) in [5.41, 5.74) is 0. The maximum atomic E-state index is 6.60. The summed E-state index contributed by atoms with van der Waals surface area (Å²) in [6.45, 7) is 10.6. The Kier molecular flexibility index (Phi) is 34.7. The molecule has 5 heteroatoms. The van der Waals surface area contributed by atoms with Crippen molar-refractivity contribution in [3.63, 3.8) is 0 Å². The third-order valence-electron chi connectivity index (χ3n) is 10.6. The van der Waals surface area contributed by atoms with Gasteiger partial charge >= 0.3 is 8.56 Å². The van der Waals surface area contributed by atoms with Crippen molar-refractivity contribution in [3.05, 3.63) is 24.3 Å². The molecule has 3 unspecified atom stereocenters. The van der Waals surface area contributed by atoms with Crippen LogP contribution in [0.1, 0.15) is 213 Å². The molecule has 1 rings (SSSR count). The fraction of sp³-hybridized carbons (Fsp3) is 0.911. The third-order valence-corrected chi connectivity index (χ3v) is 12.8. The Balaban J connectivity index is 2.18. The molecule has 1 aliphatic rings. The molecule has 50 heavy (non-hydrogen) atoms. The molecule has 0 saturated heterocycles. The number of halogens is 1. The maximum Gasteiger partial charge on any atom is 0.333 e. The van der Waals surface area contributed by atoms with Gasteiger partial charge in [-0.1, -0.05) is 182 Å². The number of unbranched alkanes of at least 4 members (excludes halogenated alkanes) is 21. The molecule has 296 valence electrons. The zero-order chi connectivity index (χ0) is 36.2. The first-order valence-electron chi connectivity index (χ1n) is 22.3. The highest BCUT2D eigenvalue weighted by Crippen LogP contribution is 2.45. The van der Waals surface area contributed by atoms with Gasteiger partial charge in [0.05, 0.1) is 0 Å². The quantitative estimate of drug-likeness (QED) is 0.0204. The summed E-state index contributed by atoms with van der Waals surface area (Å²) in [4.78, 5) is 0. The second kappa shape index (κ2) is 36.1. The molecule has 3 nitrogen and oxygen atoms in total. The average Bonchev–Trinajstić information content (AvgIpc) is 3.86. The molecule has 1 saturated carbocycles. The Hall–Kier alpha value is 0.0569. The molecule has 0 radical (unpaired) electrons. The number of hydrogen-bond donors (Lipinski definition) is 0. The van der Waals surface area contributed by atoms with Crippen molar-refractivity contribution in [3.8, 4) is 0 Å². The lowest BCUT2D eigenvalue weighted by Gasteiger charge is -2.29. The molecule has 0 spiro atoms. The standard InChI is InChI=1S/C45H87BrO3Si/c1-5-7-9-11-13-14-15-16-17-18-19-20-21-26-32-38-45(49-50(3,4)48-41-35-29-27-33-39-46)47-40-34-28-23-22-25-31-37-44-42-43(44)36-30-24-12-10-8-6-2/h13-14,16-17,43-45H,5-12,15,18-42H2,1-4H3/b14-13-,17-16-. The van der Waals surface area contributed by atoms with Crippen LogP contribution in [0.15, 0.2) is 24.3 Å². The smallest absolute Gasteiger partial charge is 0.333 e. The van der Waals surface area contributed by atoms with E-state index in [-0.39, 0.29) is 6.29 Å². The maximum absolute atomic E-state index is 6.60. The van der Waals surface area contributed by atoms with E-state index in [0.717, 1.165) is 56.1 Å². The Morgan fingerprint density at radius 3 is 1.66 bits per heavy atom. The minimum Gasteiger partial charge on any atom is -0.394 e. The highest BCUT2D eigenvalue weighted by Gasteiger charge is 2.35. The van der Waals surface area contributed by atoms with Gasteiger partial charge in [0.2, 0.25) is 0 Å². The minimum absolute atomic E-state index is 0.106. The number of allylic oxidation sites excluding steroid dienone is 4. The summed E-state index contributed by atoms with van der Waals surface area (Å²) in [5, 5.41) is 1.10. The van der Waals surface area contributed by atoms with E-state index in [1.165, 1.54) is 173 Å². The highest BCUT2D eigenvalue weighted by molar-refractivity contribution is 9.09. The third kappa shape index (κ3) is 32.7. The second-order valence-electron chi connectivity index (χ2n) is 16.0. The average molecular weight is 784 g/mol. The van der Waals surface area contributed by atoms with E-state index in [9.17, 15) is 0 Å². The molecule has 0 amide bonds. The molecule has 1 aliphatic carbocycles. The van der Waals surface area contributed by atoms with Crippen molar-refractivity contribution in [2.75, 3.05) is 18.5 Å². The van der Waals surface area contributed by atoms with Crippen LogP contribution in [-0.4, -0.2) is 33.4 Å². The van der Waals surface area contributed by atoms with Crippen LogP contribution in [0.4, 0.5) is 0 Å². The van der Waals surface area contributed by atoms with Gasteiger partial charge in [0.1, 0.15) is 6.29 Å². The number of hydrogen-bond acceptors (Lipinski definition) is 3. The van der Waals surface area contributed by atoms with Crippen LogP contribution >= 0.6 is 15.9 Å². The van der Waals surface area contributed by atoms with Gasteiger partial charge in [-0.25, -0.2) is 0 Å². The van der Waals surface area contributed by atoms with E-state index in [1.807, 2.05) is 0 Å². The van der Waals surface area contributed by atoms with Gasteiger partial charge < -0.3 is 13.6 Å². The topological polar surface area (TPSA) is 27.7 Å². The number of ether oxygens (including phenoxy) is 1. The van der Waals surface area contributed by atoms with Crippen molar-refractivity contribution < 1.29 is 13.6 Å². The van der Waals surface area contributed by atoms with E-state index < -0.39 is 8.56 Å². The molecule has 0 aromatic carbocycles. The van der Waals surface area contributed by atoms with Gasteiger partial charge in [-0.15, -0.1) is 0 Å². The van der Waals surface area contributed by atoms with Crippen molar-refractivity contribution >= 4 is 24.5 Å². The summed E-state index contributed by atoms with van der Waals surface area (Å²) in [7, 11) is -2.21. The summed E-state index contributed by atoms with van der Waals surface area (Å²) in [6.07, 6.45) is 50.4. The van der Waals surface area contributed by atoms with Crippen LogP contribution in [-0.2, 0) is 13.6 Å². The molecular weight excluding hydrogens is 696 g/mol. The van der Waals surface area contributed by atoms with Crippen LogP contribution in [0.3, 0.4) is 0 Å². The number of alkyl halides is 1. The fourth-order valence-corrected chi connectivity index (χ4v) is 9.07. The molecule has 0 heterocycles. The molecule has 0 bridgehead atoms. The monoisotopic (exact) mass is 783 g/mol. The Morgan fingerprint density at radius 2 is 1.04 bits per heavy atom. The molecule has 1 fully saturated rings. The zero-order valence-electron chi connectivity index (χ0n) is 34.2. The molecule has 0 aromatic rings. The van der Waals surface area contributed by atoms with Crippen LogP contribution < -0.4 is 0 Å². The summed E-state index contributed by atoms with van der Waals surface area (Å²) < 4.78 is 19.3. The largest absolute Gasteiger partial charge is 0.394 e. The van der Waals surface area contributed by atoms with Crippen molar-refractivity contribution in [1.29, 1.82) is 0 Å². The van der Waals surface area contributed by atoms with E-state index in [4.69, 9.17) is 13.6 Å². The molecular formula is C45H87BrO3Si. The first-order chi connectivity index (χ1) is 24.5. The first kappa shape index (κ1) is 48.1. The van der Waals surface area contributed by atoms with Gasteiger partial charge in [0, 0.05) is 18.5 Å². The van der Waals surface area contributed by atoms with Crippen molar-refractivity contribution in [1.82, 2.24) is 0 Å². The minimum atomic E-state index is -2.21. The fourth-order valence-electron chi connectivity index (χ4n) is 7.15. The lowest BCUT2D eigenvalue weighted by molar-refractivity contribution is -0.104. The summed E-state index contributed by atoms with van der Waals surface area (Å²) in [5.74, 6) is 2.16. The van der Waals surface area contributed by atoms with Gasteiger partial charge in [-0.3, -0.25) is 0 Å². The van der Waals surface area contributed by atoms with Crippen molar-refractivity contribution in [2.45, 2.75) is 232 Å². The molecule has 0 aliphatic heterocycles. The Bertz CT molecular complexity index is 757. The van der Waals surface area contributed by atoms with Gasteiger partial charge in [-0.05, 0) is 95.6 Å². The van der Waals surface area contributed by atoms with E-state index in [0.29, 0.717) is 0 Å². The SMILES string of the molecule is CCCCC/C=C\C/C=C\CCCCCCCC(OCCCCCCCCC1CC1CCCCCCCC)O[Si](C)(C)OCCCCCCBr. The van der Waals surface area contributed by atoms with Crippen molar-refractivity contribution in [2.24, 2.45) is 11.8 Å². The van der Waals surface area contributed by atoms with E-state index in [1.54, 1.807) is 0 Å². The first-order valence-corrected chi connectivity index (χ1v) is 26.3. The molecule has 0 aromatic heterocycles. The van der Waals surface area contributed by atoms with Crippen LogP contribution in [0.2, 0.25) is 13.1 Å². The molecule has 0 N–H and O–H groups in total. The second-order valence-corrected chi connectivity index (χ2v) is 20.1. The van der Waals surface area contributed by atoms with Gasteiger partial charge in [0.25, 0.3) is 0 Å². The Labute approximate surface area is 323 Å². The van der Waals surface area contributed by atoms with Crippen LogP contribution in [0.25, 0.3) is 0 Å². The zero-order valence-corrected chi connectivity index (χ0v) is 36.8. The predicted octanol–water partition coefficient (Wildman–Crippen LogP) is 16.0. The normalized spacial score (nSPS) is 17.1. The number of rotatable bonds is 40. The summed E-state index contributed by atoms with van der Waals surface area (Å²) >= 11 is 3.54. The van der Waals surface area contributed by atoms with Gasteiger partial charge in [0.15, 0.2) is 0 Å². The van der Waals surface area contributed by atoms with Gasteiger partial charge in [-0.2, -0.15) is 0 Å². The Morgan fingerprint density at radius 1 is 0.560 bits per heavy atom. The predicted molar refractivity (Wildman–Crippen MR) is 228 cm³/mol.